The Labute approximate surface area is 146 Å². The van der Waals surface area contributed by atoms with Crippen LogP contribution in [0.25, 0.3) is 0 Å². The van der Waals surface area contributed by atoms with Crippen molar-refractivity contribution in [3.63, 3.8) is 0 Å². The lowest BCUT2D eigenvalue weighted by atomic mass is 9.66. The van der Waals surface area contributed by atoms with Crippen LogP contribution in [0.3, 0.4) is 0 Å². The van der Waals surface area contributed by atoms with Crippen LogP contribution in [0.2, 0.25) is 0 Å². The summed E-state index contributed by atoms with van der Waals surface area (Å²) in [6.45, 7) is 7.63. The van der Waals surface area contributed by atoms with E-state index in [1.165, 1.54) is 56.2 Å². The van der Waals surface area contributed by atoms with E-state index in [0.29, 0.717) is 11.9 Å². The lowest BCUT2D eigenvalue weighted by Gasteiger charge is -2.62. The van der Waals surface area contributed by atoms with Crippen LogP contribution in [-0.2, 0) is 4.79 Å². The Hall–Kier alpha value is 0.160. The molecule has 4 aliphatic heterocycles. The molecule has 0 aliphatic carbocycles. The van der Waals surface area contributed by atoms with Crippen molar-refractivity contribution in [2.24, 2.45) is 11.8 Å². The third kappa shape index (κ3) is 2.35. The second-order valence-electron chi connectivity index (χ2n) is 7.69. The quantitative estimate of drug-likeness (QED) is 0.423. The van der Waals surface area contributed by atoms with Gasteiger partial charge >= 0.3 is 0 Å². The summed E-state index contributed by atoms with van der Waals surface area (Å²) in [5, 5.41) is 0. The van der Waals surface area contributed by atoms with Crippen LogP contribution in [0.15, 0.2) is 0 Å². The van der Waals surface area contributed by atoms with E-state index in [1.54, 1.807) is 0 Å². The largest absolute Gasteiger partial charge is 1.00 e. The van der Waals surface area contributed by atoms with Gasteiger partial charge in [-0.2, -0.15) is 0 Å². The van der Waals surface area contributed by atoms with Gasteiger partial charge in [0.05, 0.1) is 25.7 Å². The van der Waals surface area contributed by atoms with Crippen LogP contribution in [0.1, 0.15) is 51.9 Å². The standard InChI is InChI=1S/C17H29N2O.HI/c1-2-19-10-4-6-13-12-18-15(8-3-9-16(18)20)14(17(13)19)7-5-11-19;/h13-15,17H,2-12H2,1H3;1H/q+1;/p-1/t13?,14?,15-,17?,19?;/m0./s1. The molecule has 4 heteroatoms. The van der Waals surface area contributed by atoms with Crippen LogP contribution in [-0.4, -0.2) is 53.6 Å². The molecule has 0 N–H and O–H groups in total. The number of fused-ring (bicyclic) bond motifs is 2. The Bertz CT molecular complexity index is 412. The number of hydrogen-bond acceptors (Lipinski definition) is 1. The van der Waals surface area contributed by atoms with Crippen molar-refractivity contribution in [2.45, 2.75) is 64.0 Å². The minimum atomic E-state index is 0. The molecule has 4 rings (SSSR count). The van der Waals surface area contributed by atoms with E-state index in [4.69, 9.17) is 0 Å². The van der Waals surface area contributed by atoms with E-state index in [1.807, 2.05) is 0 Å². The maximum atomic E-state index is 12.3. The van der Waals surface area contributed by atoms with Gasteiger partial charge in [-0.1, -0.05) is 0 Å². The van der Waals surface area contributed by atoms with E-state index in [2.05, 4.69) is 11.8 Å². The minimum absolute atomic E-state index is 0. The Morgan fingerprint density at radius 3 is 2.67 bits per heavy atom. The Morgan fingerprint density at radius 1 is 1.14 bits per heavy atom. The molecule has 3 nitrogen and oxygen atoms in total. The molecule has 0 spiro atoms. The lowest BCUT2D eigenvalue weighted by molar-refractivity contribution is -0.968. The van der Waals surface area contributed by atoms with E-state index in [-0.39, 0.29) is 24.0 Å². The number of nitrogens with zero attached hydrogens (tertiary/aromatic N) is 2. The van der Waals surface area contributed by atoms with Gasteiger partial charge in [-0.25, -0.2) is 0 Å². The molecule has 4 saturated heterocycles. The summed E-state index contributed by atoms with van der Waals surface area (Å²) in [5.74, 6) is 2.07. The van der Waals surface area contributed by atoms with Crippen LogP contribution in [0.5, 0.6) is 0 Å². The molecule has 4 heterocycles. The van der Waals surface area contributed by atoms with Crippen LogP contribution >= 0.6 is 0 Å². The first kappa shape index (κ1) is 16.0. The number of rotatable bonds is 1. The van der Waals surface area contributed by atoms with E-state index in [9.17, 15) is 4.79 Å². The van der Waals surface area contributed by atoms with Crippen molar-refractivity contribution in [1.82, 2.24) is 4.90 Å². The average molecular weight is 404 g/mol. The van der Waals surface area contributed by atoms with Gasteiger partial charge in [-0.3, -0.25) is 4.79 Å². The topological polar surface area (TPSA) is 20.3 Å². The number of amides is 1. The number of halogens is 1. The van der Waals surface area contributed by atoms with Crippen molar-refractivity contribution < 1.29 is 33.3 Å². The van der Waals surface area contributed by atoms with Crippen molar-refractivity contribution in [3.8, 4) is 0 Å². The Balaban J connectivity index is 0.00000132. The van der Waals surface area contributed by atoms with Gasteiger partial charge in [0.25, 0.3) is 0 Å². The van der Waals surface area contributed by atoms with Crippen LogP contribution in [0.4, 0.5) is 0 Å². The molecule has 21 heavy (non-hydrogen) atoms. The summed E-state index contributed by atoms with van der Waals surface area (Å²) < 4.78 is 1.40. The van der Waals surface area contributed by atoms with Gasteiger partial charge in [-0.15, -0.1) is 0 Å². The maximum Gasteiger partial charge on any atom is 0.222 e. The first-order valence-electron chi connectivity index (χ1n) is 8.90. The Kier molecular flexibility index (Phi) is 4.57. The van der Waals surface area contributed by atoms with Crippen molar-refractivity contribution in [2.75, 3.05) is 26.2 Å². The fourth-order valence-corrected chi connectivity index (χ4v) is 6.29. The highest BCUT2D eigenvalue weighted by Gasteiger charge is 2.57. The summed E-state index contributed by atoms with van der Waals surface area (Å²) in [4.78, 5) is 14.7. The number of hydrogen-bond donors (Lipinski definition) is 0. The molecule has 0 radical (unpaired) electrons. The van der Waals surface area contributed by atoms with Crippen molar-refractivity contribution >= 4 is 5.91 Å². The smallest absolute Gasteiger partial charge is 0.222 e. The van der Waals surface area contributed by atoms with Gasteiger partial charge in [0.15, 0.2) is 0 Å². The molecular formula is C17H29IN2O. The van der Waals surface area contributed by atoms with Gasteiger partial charge in [-0.05, 0) is 45.4 Å². The molecular weight excluding hydrogens is 375 g/mol. The second kappa shape index (κ2) is 5.99. The fraction of sp³-hybridized carbons (Fsp3) is 0.941. The molecule has 0 aromatic heterocycles. The molecule has 0 aromatic rings. The van der Waals surface area contributed by atoms with Crippen molar-refractivity contribution in [1.29, 1.82) is 0 Å². The first-order valence-corrected chi connectivity index (χ1v) is 8.90. The zero-order chi connectivity index (χ0) is 13.7. The first-order chi connectivity index (χ1) is 9.75. The zero-order valence-electron chi connectivity index (χ0n) is 13.3. The minimum Gasteiger partial charge on any atom is -1.00 e. The molecule has 1 amide bonds. The lowest BCUT2D eigenvalue weighted by Crippen LogP contribution is -3.00. The predicted octanol–water partition coefficient (Wildman–Crippen LogP) is -0.590. The SMILES string of the molecule is CC[N+]12CCCC3CN4C(=O)CCC[C@H]4C(CCC1)C32.[I-]. The summed E-state index contributed by atoms with van der Waals surface area (Å²) in [6.07, 6.45) is 8.76. The van der Waals surface area contributed by atoms with Gasteiger partial charge < -0.3 is 33.4 Å². The number of quaternary nitrogens is 1. The molecule has 4 unspecified atom stereocenters. The zero-order valence-corrected chi connectivity index (χ0v) is 15.4. The van der Waals surface area contributed by atoms with E-state index in [0.717, 1.165) is 37.3 Å². The van der Waals surface area contributed by atoms with Crippen LogP contribution in [0, 0.1) is 11.8 Å². The third-order valence-corrected chi connectivity index (χ3v) is 7.04. The molecule has 5 atom stereocenters. The molecule has 0 bridgehead atoms. The number of carbonyl (C=O) groups excluding carboxylic acids is 1. The Morgan fingerprint density at radius 2 is 1.90 bits per heavy atom. The predicted molar refractivity (Wildman–Crippen MR) is 79.1 cm³/mol. The highest BCUT2D eigenvalue weighted by atomic mass is 127. The molecule has 120 valence electrons. The summed E-state index contributed by atoms with van der Waals surface area (Å²) in [5.41, 5.74) is 0. The average Bonchev–Trinajstić information content (AvgIpc) is 2.49. The van der Waals surface area contributed by atoms with Gasteiger partial charge in [0.1, 0.15) is 0 Å². The second-order valence-corrected chi connectivity index (χ2v) is 7.69. The third-order valence-electron chi connectivity index (χ3n) is 7.04. The van der Waals surface area contributed by atoms with Gasteiger partial charge in [0, 0.05) is 30.8 Å². The highest BCUT2D eigenvalue weighted by molar-refractivity contribution is 5.77. The molecule has 0 saturated carbocycles. The van der Waals surface area contributed by atoms with Crippen molar-refractivity contribution in [3.05, 3.63) is 0 Å². The molecule has 4 fully saturated rings. The van der Waals surface area contributed by atoms with E-state index >= 15 is 0 Å². The number of piperidine rings is 4. The normalized spacial score (nSPS) is 45.4. The highest BCUT2D eigenvalue weighted by Crippen LogP contribution is 2.48. The van der Waals surface area contributed by atoms with Gasteiger partial charge in [0.2, 0.25) is 5.91 Å². The molecule has 4 aliphatic rings. The van der Waals surface area contributed by atoms with Crippen LogP contribution < -0.4 is 24.0 Å². The monoisotopic (exact) mass is 404 g/mol. The van der Waals surface area contributed by atoms with E-state index < -0.39 is 0 Å². The molecule has 0 aromatic carbocycles. The summed E-state index contributed by atoms with van der Waals surface area (Å²) in [7, 11) is 0. The summed E-state index contributed by atoms with van der Waals surface area (Å²) >= 11 is 0. The fourth-order valence-electron chi connectivity index (χ4n) is 6.29. The maximum absolute atomic E-state index is 12.3. The number of carbonyl (C=O) groups is 1. The summed E-state index contributed by atoms with van der Waals surface area (Å²) in [6, 6.07) is 1.48.